The van der Waals surface area contributed by atoms with Crippen LogP contribution in [-0.4, -0.2) is 69.3 Å². The number of rotatable bonds is 11. The highest BCUT2D eigenvalue weighted by Crippen LogP contribution is 2.10. The Labute approximate surface area is 149 Å². The standard InChI is InChI=1S/C15H24N2O9/c1-5-7(2)9(12(20)21)17-11(19)10(13(22)23)16-6-8(18)26-15(3,4)14(24)25/h7,9-10,16H,5-6H2,1-4H3,(H,17,19)(H,20,21)(H,22,23)(H,24,25). The number of hydrogen-bond donors (Lipinski definition) is 5. The molecule has 5 N–H and O–H groups in total. The van der Waals surface area contributed by atoms with Crippen molar-refractivity contribution in [3.05, 3.63) is 0 Å². The number of carboxylic acids is 3. The number of nitrogens with one attached hydrogen (secondary N) is 2. The van der Waals surface area contributed by atoms with E-state index in [0.29, 0.717) is 6.42 Å². The Kier molecular flexibility index (Phi) is 8.70. The van der Waals surface area contributed by atoms with Crippen LogP contribution in [0, 0.1) is 5.92 Å². The molecule has 3 unspecified atom stereocenters. The summed E-state index contributed by atoms with van der Waals surface area (Å²) in [5.74, 6) is -7.05. The number of ether oxygens (including phenoxy) is 1. The summed E-state index contributed by atoms with van der Waals surface area (Å²) in [5, 5.41) is 31.3. The van der Waals surface area contributed by atoms with Crippen molar-refractivity contribution in [3.8, 4) is 0 Å². The Hall–Kier alpha value is -2.69. The van der Waals surface area contributed by atoms with Crippen LogP contribution in [0.3, 0.4) is 0 Å². The summed E-state index contributed by atoms with van der Waals surface area (Å²) < 4.78 is 4.66. The molecule has 148 valence electrons. The Morgan fingerprint density at radius 1 is 1.04 bits per heavy atom. The lowest BCUT2D eigenvalue weighted by molar-refractivity contribution is -0.173. The van der Waals surface area contributed by atoms with Crippen LogP contribution in [0.2, 0.25) is 0 Å². The van der Waals surface area contributed by atoms with Crippen molar-refractivity contribution in [1.29, 1.82) is 0 Å². The minimum atomic E-state index is -1.92. The molecule has 0 fully saturated rings. The summed E-state index contributed by atoms with van der Waals surface area (Å²) in [7, 11) is 0. The molecular weight excluding hydrogens is 352 g/mol. The maximum atomic E-state index is 12.1. The molecular formula is C15H24N2O9. The molecule has 0 aromatic rings. The molecule has 0 saturated carbocycles. The van der Waals surface area contributed by atoms with E-state index in [4.69, 9.17) is 15.3 Å². The molecule has 26 heavy (non-hydrogen) atoms. The third-order valence-corrected chi connectivity index (χ3v) is 3.62. The van der Waals surface area contributed by atoms with Crippen molar-refractivity contribution in [2.45, 2.75) is 51.8 Å². The zero-order valence-corrected chi connectivity index (χ0v) is 14.9. The smallest absolute Gasteiger partial charge is 0.347 e. The molecule has 0 radical (unpaired) electrons. The average Bonchev–Trinajstić information content (AvgIpc) is 2.50. The maximum Gasteiger partial charge on any atom is 0.347 e. The van der Waals surface area contributed by atoms with Gasteiger partial charge in [-0.3, -0.25) is 14.9 Å². The zero-order chi connectivity index (χ0) is 20.7. The highest BCUT2D eigenvalue weighted by atomic mass is 16.6. The van der Waals surface area contributed by atoms with Gasteiger partial charge >= 0.3 is 23.9 Å². The van der Waals surface area contributed by atoms with Crippen LogP contribution in [0.1, 0.15) is 34.1 Å². The molecule has 0 rings (SSSR count). The van der Waals surface area contributed by atoms with Crippen LogP contribution in [0.15, 0.2) is 0 Å². The number of amides is 1. The van der Waals surface area contributed by atoms with Gasteiger partial charge in [-0.25, -0.2) is 14.4 Å². The zero-order valence-electron chi connectivity index (χ0n) is 14.9. The van der Waals surface area contributed by atoms with E-state index in [0.717, 1.165) is 13.8 Å². The van der Waals surface area contributed by atoms with Gasteiger partial charge in [-0.2, -0.15) is 0 Å². The van der Waals surface area contributed by atoms with Gasteiger partial charge in [-0.15, -0.1) is 0 Å². The first-order valence-corrected chi connectivity index (χ1v) is 7.78. The van der Waals surface area contributed by atoms with Crippen LogP contribution in [0.5, 0.6) is 0 Å². The predicted octanol–water partition coefficient (Wildman–Crippen LogP) is -0.949. The molecule has 0 spiro atoms. The van der Waals surface area contributed by atoms with E-state index in [1.807, 2.05) is 0 Å². The number of hydrogen-bond acceptors (Lipinski definition) is 7. The minimum Gasteiger partial charge on any atom is -0.480 e. The lowest BCUT2D eigenvalue weighted by atomic mass is 9.99. The highest BCUT2D eigenvalue weighted by molar-refractivity contribution is 6.02. The lowest BCUT2D eigenvalue weighted by Gasteiger charge is -2.23. The predicted molar refractivity (Wildman–Crippen MR) is 86.3 cm³/mol. The van der Waals surface area contributed by atoms with Gasteiger partial charge in [0, 0.05) is 0 Å². The van der Waals surface area contributed by atoms with E-state index in [1.54, 1.807) is 13.8 Å². The molecule has 0 bridgehead atoms. The number of carbonyl (C=O) groups is 5. The molecule has 1 amide bonds. The summed E-state index contributed by atoms with van der Waals surface area (Å²) in [6.45, 7) is 4.77. The van der Waals surface area contributed by atoms with Crippen molar-refractivity contribution in [2.24, 2.45) is 5.92 Å². The largest absolute Gasteiger partial charge is 0.480 e. The van der Waals surface area contributed by atoms with E-state index in [2.05, 4.69) is 15.4 Å². The molecule has 0 aliphatic rings. The first kappa shape index (κ1) is 23.3. The molecule has 0 aromatic carbocycles. The average molecular weight is 376 g/mol. The van der Waals surface area contributed by atoms with E-state index in [1.165, 1.54) is 0 Å². The van der Waals surface area contributed by atoms with Gasteiger partial charge in [0.2, 0.25) is 11.5 Å². The van der Waals surface area contributed by atoms with Crippen molar-refractivity contribution in [3.63, 3.8) is 0 Å². The number of carbonyl (C=O) groups excluding carboxylic acids is 2. The van der Waals surface area contributed by atoms with Gasteiger partial charge in [-0.1, -0.05) is 20.3 Å². The Morgan fingerprint density at radius 3 is 1.96 bits per heavy atom. The van der Waals surface area contributed by atoms with E-state index < -0.39 is 59.9 Å². The summed E-state index contributed by atoms with van der Waals surface area (Å²) in [6.07, 6.45) is 0.430. The van der Waals surface area contributed by atoms with Crippen LogP contribution in [0.25, 0.3) is 0 Å². The van der Waals surface area contributed by atoms with Crippen LogP contribution in [0.4, 0.5) is 0 Å². The Morgan fingerprint density at radius 2 is 1.58 bits per heavy atom. The third-order valence-electron chi connectivity index (χ3n) is 3.62. The summed E-state index contributed by atoms with van der Waals surface area (Å²) in [6, 6.07) is -3.21. The quantitative estimate of drug-likeness (QED) is 0.223. The van der Waals surface area contributed by atoms with Gasteiger partial charge in [-0.05, 0) is 19.8 Å². The SMILES string of the molecule is CCC(C)C(NC(=O)C(NCC(=O)OC(C)(C)C(=O)O)C(=O)O)C(=O)O. The van der Waals surface area contributed by atoms with Gasteiger partial charge in [0.1, 0.15) is 6.04 Å². The highest BCUT2D eigenvalue weighted by Gasteiger charge is 2.34. The van der Waals surface area contributed by atoms with Crippen molar-refractivity contribution in [2.75, 3.05) is 6.54 Å². The maximum absolute atomic E-state index is 12.1. The van der Waals surface area contributed by atoms with Crippen molar-refractivity contribution < 1.29 is 44.0 Å². The molecule has 0 aliphatic carbocycles. The Balaban J connectivity index is 4.96. The fourth-order valence-corrected chi connectivity index (χ4v) is 1.76. The van der Waals surface area contributed by atoms with Gasteiger partial charge in [0.15, 0.2) is 6.04 Å². The second-order valence-electron chi connectivity index (χ2n) is 6.15. The molecule has 0 heterocycles. The molecule has 0 aromatic heterocycles. The fraction of sp³-hybridized carbons (Fsp3) is 0.667. The second-order valence-corrected chi connectivity index (χ2v) is 6.15. The van der Waals surface area contributed by atoms with E-state index >= 15 is 0 Å². The first-order valence-electron chi connectivity index (χ1n) is 7.78. The Bertz CT molecular complexity index is 573. The van der Waals surface area contributed by atoms with Crippen molar-refractivity contribution >= 4 is 29.8 Å². The third kappa shape index (κ3) is 7.05. The summed E-state index contributed by atoms with van der Waals surface area (Å²) in [4.78, 5) is 57.0. The molecule has 0 saturated heterocycles. The van der Waals surface area contributed by atoms with Crippen LogP contribution < -0.4 is 10.6 Å². The minimum absolute atomic E-state index is 0.430. The molecule has 11 heteroatoms. The van der Waals surface area contributed by atoms with E-state index in [-0.39, 0.29) is 0 Å². The monoisotopic (exact) mass is 376 g/mol. The van der Waals surface area contributed by atoms with Crippen molar-refractivity contribution in [1.82, 2.24) is 10.6 Å². The molecule has 11 nitrogen and oxygen atoms in total. The number of carboxylic acid groups (broad SMARTS) is 3. The number of aliphatic carboxylic acids is 3. The fourth-order valence-electron chi connectivity index (χ4n) is 1.76. The first-order chi connectivity index (χ1) is 11.8. The molecule has 0 aliphatic heterocycles. The summed E-state index contributed by atoms with van der Waals surface area (Å²) >= 11 is 0. The summed E-state index contributed by atoms with van der Waals surface area (Å²) in [5.41, 5.74) is -1.83. The lowest BCUT2D eigenvalue weighted by Crippen LogP contribution is -2.56. The normalized spacial score (nSPS) is 14.6. The topological polar surface area (TPSA) is 179 Å². The second kappa shape index (κ2) is 9.70. The van der Waals surface area contributed by atoms with Gasteiger partial charge < -0.3 is 25.4 Å². The van der Waals surface area contributed by atoms with Crippen LogP contribution in [-0.2, 0) is 28.7 Å². The van der Waals surface area contributed by atoms with E-state index in [9.17, 15) is 24.0 Å². The number of esters is 1. The van der Waals surface area contributed by atoms with Crippen LogP contribution >= 0.6 is 0 Å². The van der Waals surface area contributed by atoms with Gasteiger partial charge in [0.25, 0.3) is 0 Å². The molecule has 3 atom stereocenters. The van der Waals surface area contributed by atoms with Gasteiger partial charge in [0.05, 0.1) is 6.54 Å².